The van der Waals surface area contributed by atoms with Crippen LogP contribution in [-0.4, -0.2) is 28.4 Å². The maximum Gasteiger partial charge on any atom is 0.341 e. The van der Waals surface area contributed by atoms with E-state index in [1.54, 1.807) is 17.8 Å². The number of rotatable bonds is 3. The Balaban J connectivity index is 2.14. The summed E-state index contributed by atoms with van der Waals surface area (Å²) in [5.41, 5.74) is 1.07. The molecule has 1 unspecified atom stereocenters. The molecule has 1 aliphatic rings. The Labute approximate surface area is 112 Å². The molecule has 1 aromatic rings. The van der Waals surface area contributed by atoms with Crippen molar-refractivity contribution in [2.75, 3.05) is 18.5 Å². The Kier molecular flexibility index (Phi) is 4.17. The predicted octanol–water partition coefficient (Wildman–Crippen LogP) is 2.78. The number of carboxylic acid groups (broad SMARTS) is 1. The topological polar surface area (TPSA) is 58.6 Å². The van der Waals surface area contributed by atoms with Gasteiger partial charge in [-0.15, -0.1) is 11.8 Å². The van der Waals surface area contributed by atoms with Crippen molar-refractivity contribution in [3.05, 3.63) is 18.2 Å². The second kappa shape index (κ2) is 5.64. The number of nitrogens with one attached hydrogen (secondary N) is 1. The van der Waals surface area contributed by atoms with Crippen molar-refractivity contribution >= 4 is 39.3 Å². The smallest absolute Gasteiger partial charge is 0.341 e. The third-order valence-corrected chi connectivity index (χ3v) is 4.36. The average Bonchev–Trinajstić information content (AvgIpc) is 2.46. The molecule has 2 N–H and O–H groups in total. The van der Waals surface area contributed by atoms with Crippen LogP contribution in [0.15, 0.2) is 23.1 Å². The lowest BCUT2D eigenvalue weighted by atomic mass is 10.3. The van der Waals surface area contributed by atoms with Crippen LogP contribution in [0.1, 0.15) is 6.42 Å². The van der Waals surface area contributed by atoms with Crippen LogP contribution >= 0.6 is 27.7 Å². The molecule has 0 amide bonds. The third-order valence-electron chi connectivity index (χ3n) is 2.26. The van der Waals surface area contributed by atoms with Crippen molar-refractivity contribution in [2.45, 2.75) is 15.5 Å². The van der Waals surface area contributed by atoms with E-state index in [4.69, 9.17) is 9.84 Å². The van der Waals surface area contributed by atoms with Gasteiger partial charge in [-0.1, -0.05) is 15.9 Å². The first-order valence-electron chi connectivity index (χ1n) is 5.18. The number of anilines is 1. The number of aliphatic carboxylic acids is 1. The summed E-state index contributed by atoms with van der Waals surface area (Å²) in [6.45, 7) is 0.611. The molecule has 0 spiro atoms. The minimum Gasteiger partial charge on any atom is -0.482 e. The van der Waals surface area contributed by atoms with E-state index < -0.39 is 5.97 Å². The monoisotopic (exact) mass is 317 g/mol. The van der Waals surface area contributed by atoms with Crippen molar-refractivity contribution in [3.8, 4) is 5.75 Å². The number of carboxylic acids is 1. The van der Waals surface area contributed by atoms with E-state index >= 15 is 0 Å². The first kappa shape index (κ1) is 12.6. The fourth-order valence-corrected chi connectivity index (χ4v) is 3.29. The summed E-state index contributed by atoms with van der Waals surface area (Å²) in [5, 5.41) is 11.9. The molecule has 0 bridgehead atoms. The highest BCUT2D eigenvalue weighted by atomic mass is 79.9. The zero-order chi connectivity index (χ0) is 12.3. The van der Waals surface area contributed by atoms with Gasteiger partial charge in [-0.3, -0.25) is 0 Å². The number of alkyl halides is 1. The van der Waals surface area contributed by atoms with Gasteiger partial charge in [0, 0.05) is 17.1 Å². The van der Waals surface area contributed by atoms with Gasteiger partial charge in [0.05, 0.1) is 4.16 Å². The van der Waals surface area contributed by atoms with Gasteiger partial charge >= 0.3 is 5.97 Å². The minimum atomic E-state index is -0.968. The molecule has 1 aromatic carbocycles. The average molecular weight is 318 g/mol. The molecule has 0 saturated carbocycles. The van der Waals surface area contributed by atoms with Crippen LogP contribution in [0, 0.1) is 0 Å². The Morgan fingerprint density at radius 2 is 2.47 bits per heavy atom. The lowest BCUT2D eigenvalue weighted by molar-refractivity contribution is -0.139. The van der Waals surface area contributed by atoms with Gasteiger partial charge in [-0.2, -0.15) is 0 Å². The van der Waals surface area contributed by atoms with Crippen LogP contribution in [0.3, 0.4) is 0 Å². The molecule has 92 valence electrons. The molecule has 0 saturated heterocycles. The van der Waals surface area contributed by atoms with Gasteiger partial charge < -0.3 is 15.2 Å². The highest BCUT2D eigenvalue weighted by Crippen LogP contribution is 2.39. The Morgan fingerprint density at radius 3 is 3.24 bits per heavy atom. The van der Waals surface area contributed by atoms with E-state index in [-0.39, 0.29) is 6.61 Å². The van der Waals surface area contributed by atoms with Crippen molar-refractivity contribution in [2.24, 2.45) is 0 Å². The molecule has 6 heteroatoms. The number of carbonyl (C=O) groups is 1. The van der Waals surface area contributed by atoms with Crippen LogP contribution < -0.4 is 10.1 Å². The molecule has 1 heterocycles. The van der Waals surface area contributed by atoms with Crippen LogP contribution in [0.5, 0.6) is 5.75 Å². The number of fused-ring (bicyclic) bond motifs is 1. The first-order valence-corrected chi connectivity index (χ1v) is 6.98. The minimum absolute atomic E-state index is 0.311. The molecule has 1 aliphatic heterocycles. The highest BCUT2D eigenvalue weighted by molar-refractivity contribution is 9.11. The Hall–Kier alpha value is -0.880. The fourth-order valence-electron chi connectivity index (χ4n) is 1.50. The number of ether oxygens (including phenoxy) is 1. The van der Waals surface area contributed by atoms with Crippen LogP contribution in [0.4, 0.5) is 5.69 Å². The summed E-state index contributed by atoms with van der Waals surface area (Å²) in [7, 11) is 0. The van der Waals surface area contributed by atoms with Crippen molar-refractivity contribution in [1.82, 2.24) is 0 Å². The lowest BCUT2D eigenvalue weighted by Crippen LogP contribution is -2.09. The quantitative estimate of drug-likeness (QED) is 0.839. The lowest BCUT2D eigenvalue weighted by Gasteiger charge is -2.10. The number of hydrogen-bond donors (Lipinski definition) is 2. The van der Waals surface area contributed by atoms with Gasteiger partial charge in [0.2, 0.25) is 0 Å². The van der Waals surface area contributed by atoms with Crippen molar-refractivity contribution in [1.29, 1.82) is 0 Å². The number of hydrogen-bond acceptors (Lipinski definition) is 4. The van der Waals surface area contributed by atoms with E-state index in [1.807, 2.05) is 12.1 Å². The summed E-state index contributed by atoms with van der Waals surface area (Å²) in [6, 6.07) is 5.57. The first-order chi connectivity index (χ1) is 8.15. The summed E-state index contributed by atoms with van der Waals surface area (Å²) >= 11 is 5.29. The largest absolute Gasteiger partial charge is 0.482 e. The van der Waals surface area contributed by atoms with Gasteiger partial charge in [0.1, 0.15) is 5.75 Å². The number of benzene rings is 1. The summed E-state index contributed by atoms with van der Waals surface area (Å²) < 4.78 is 5.52. The Morgan fingerprint density at radius 1 is 1.65 bits per heavy atom. The number of halogens is 1. The molecular formula is C11H12BrNO3S. The fraction of sp³-hybridized carbons (Fsp3) is 0.364. The van der Waals surface area contributed by atoms with E-state index in [9.17, 15) is 4.79 Å². The summed E-state index contributed by atoms with van der Waals surface area (Å²) in [4.78, 5) is 11.5. The van der Waals surface area contributed by atoms with Crippen LogP contribution in [0.2, 0.25) is 0 Å². The second-order valence-electron chi connectivity index (χ2n) is 3.58. The molecule has 0 aliphatic carbocycles. The SMILES string of the molecule is O=C(O)COc1ccc2c(c1)SC(Br)CCN2. The summed E-state index contributed by atoms with van der Waals surface area (Å²) in [6.07, 6.45) is 1.03. The predicted molar refractivity (Wildman–Crippen MR) is 71.3 cm³/mol. The van der Waals surface area contributed by atoms with Gasteiger partial charge in [-0.25, -0.2) is 4.79 Å². The van der Waals surface area contributed by atoms with Crippen molar-refractivity contribution in [3.63, 3.8) is 0 Å². The highest BCUT2D eigenvalue weighted by Gasteiger charge is 2.15. The van der Waals surface area contributed by atoms with E-state index in [0.717, 1.165) is 23.5 Å². The van der Waals surface area contributed by atoms with Gasteiger partial charge in [0.15, 0.2) is 6.61 Å². The molecule has 0 fully saturated rings. The standard InChI is InChI=1S/C11H12BrNO3S/c12-10-3-4-13-8-2-1-7(5-9(8)17-10)16-6-11(14)15/h1-2,5,10,13H,3-4,6H2,(H,14,15). The van der Waals surface area contributed by atoms with Crippen LogP contribution in [-0.2, 0) is 4.79 Å². The Bertz CT molecular complexity index is 427. The van der Waals surface area contributed by atoms with E-state index in [0.29, 0.717) is 9.91 Å². The van der Waals surface area contributed by atoms with Crippen LogP contribution in [0.25, 0.3) is 0 Å². The molecule has 0 aromatic heterocycles. The molecule has 17 heavy (non-hydrogen) atoms. The molecule has 1 atom stereocenters. The maximum absolute atomic E-state index is 10.4. The zero-order valence-corrected chi connectivity index (χ0v) is 11.4. The normalized spacial score (nSPS) is 18.8. The van der Waals surface area contributed by atoms with E-state index in [1.165, 1.54) is 0 Å². The summed E-state index contributed by atoms with van der Waals surface area (Å²) in [5.74, 6) is -0.383. The second-order valence-corrected chi connectivity index (χ2v) is 6.54. The van der Waals surface area contributed by atoms with Crippen molar-refractivity contribution < 1.29 is 14.6 Å². The van der Waals surface area contributed by atoms with Gasteiger partial charge in [0.25, 0.3) is 0 Å². The molecule has 0 radical (unpaired) electrons. The van der Waals surface area contributed by atoms with Gasteiger partial charge in [-0.05, 0) is 24.6 Å². The molecule has 4 nitrogen and oxygen atoms in total. The zero-order valence-electron chi connectivity index (χ0n) is 8.98. The maximum atomic E-state index is 10.4. The third kappa shape index (κ3) is 3.54. The number of thioether (sulfide) groups is 1. The van der Waals surface area contributed by atoms with E-state index in [2.05, 4.69) is 21.2 Å². The molecule has 2 rings (SSSR count). The molecular weight excluding hydrogens is 306 g/mol.